The van der Waals surface area contributed by atoms with Gasteiger partial charge in [0.25, 0.3) is 0 Å². The molecule has 1 atom stereocenters. The zero-order chi connectivity index (χ0) is 21.8. The topological polar surface area (TPSA) is 90.5 Å². The van der Waals surface area contributed by atoms with Crippen molar-refractivity contribution in [1.29, 1.82) is 0 Å². The van der Waals surface area contributed by atoms with Gasteiger partial charge in [0.2, 0.25) is 5.91 Å². The molecule has 0 aliphatic heterocycles. The van der Waals surface area contributed by atoms with Gasteiger partial charge in [-0.15, -0.1) is 5.10 Å². The van der Waals surface area contributed by atoms with Gasteiger partial charge < -0.3 is 5.32 Å². The molecule has 8 heteroatoms. The molecule has 1 unspecified atom stereocenters. The van der Waals surface area contributed by atoms with Gasteiger partial charge in [0.15, 0.2) is 0 Å². The number of tetrazole rings is 1. The minimum atomic E-state index is -0.544. The molecule has 0 spiro atoms. The lowest BCUT2D eigenvalue weighted by Crippen LogP contribution is -2.28. The summed E-state index contributed by atoms with van der Waals surface area (Å²) in [4.78, 5) is 13.0. The molecule has 0 aliphatic rings. The monoisotopic (exact) mass is 415 g/mol. The highest BCUT2D eigenvalue weighted by atomic mass is 16.2. The molecule has 8 nitrogen and oxygen atoms in total. The minimum absolute atomic E-state index is 0.164. The van der Waals surface area contributed by atoms with Crippen LogP contribution >= 0.6 is 0 Å². The van der Waals surface area contributed by atoms with Crippen molar-refractivity contribution in [2.24, 2.45) is 7.05 Å². The molecular weight excluding hydrogens is 390 g/mol. The van der Waals surface area contributed by atoms with E-state index in [1.807, 2.05) is 73.3 Å². The van der Waals surface area contributed by atoms with E-state index < -0.39 is 6.04 Å². The second kappa shape index (κ2) is 8.91. The van der Waals surface area contributed by atoms with Crippen LogP contribution in [0, 0.1) is 13.8 Å². The summed E-state index contributed by atoms with van der Waals surface area (Å²) < 4.78 is 3.40. The smallest absolute Gasteiger partial charge is 0.249 e. The number of anilines is 1. The number of carbonyl (C=O) groups is 1. The fraction of sp³-hybridized carbons (Fsp3) is 0.261. The van der Waals surface area contributed by atoms with Crippen LogP contribution in [-0.2, 0) is 24.7 Å². The van der Waals surface area contributed by atoms with Crippen molar-refractivity contribution in [2.75, 3.05) is 5.32 Å². The molecular formula is C23H25N7O. The number of nitrogens with zero attached hydrogens (tertiary/aromatic N) is 6. The largest absolute Gasteiger partial charge is 0.324 e. The van der Waals surface area contributed by atoms with Crippen molar-refractivity contribution in [2.45, 2.75) is 32.7 Å². The lowest BCUT2D eigenvalue weighted by molar-refractivity contribution is -0.119. The van der Waals surface area contributed by atoms with Crippen molar-refractivity contribution < 1.29 is 4.79 Å². The van der Waals surface area contributed by atoms with Crippen molar-refractivity contribution in [3.8, 4) is 0 Å². The molecule has 1 amide bonds. The molecule has 31 heavy (non-hydrogen) atoms. The van der Waals surface area contributed by atoms with Crippen LogP contribution < -0.4 is 5.32 Å². The van der Waals surface area contributed by atoms with E-state index in [1.54, 1.807) is 0 Å². The maximum atomic E-state index is 13.0. The normalized spacial score (nSPS) is 12.0. The summed E-state index contributed by atoms with van der Waals surface area (Å²) in [5, 5.41) is 18.8. The molecule has 0 fully saturated rings. The van der Waals surface area contributed by atoms with Gasteiger partial charge in [-0.2, -0.15) is 5.10 Å². The van der Waals surface area contributed by atoms with Crippen LogP contribution in [0.2, 0.25) is 0 Å². The van der Waals surface area contributed by atoms with Crippen LogP contribution in [0.3, 0.4) is 0 Å². The Labute approximate surface area is 180 Å². The standard InChI is InChI=1S/C23H25N7O/c1-16-21(17(2)29(3)26-16)13-19-9-11-20(12-10-19)25-23(31)22(30-15-24-27-28-30)14-18-7-5-4-6-8-18/h4-12,15,22H,13-14H2,1-3H3,(H,25,31). The molecule has 0 bridgehead atoms. The van der Waals surface area contributed by atoms with E-state index in [0.717, 1.165) is 23.4 Å². The van der Waals surface area contributed by atoms with E-state index in [1.165, 1.54) is 27.8 Å². The molecule has 4 aromatic rings. The first-order valence-electron chi connectivity index (χ1n) is 10.2. The molecule has 1 N–H and O–H groups in total. The second-order valence-electron chi connectivity index (χ2n) is 7.63. The Bertz CT molecular complexity index is 1150. The van der Waals surface area contributed by atoms with Crippen LogP contribution in [0.5, 0.6) is 0 Å². The number of hydrogen-bond acceptors (Lipinski definition) is 5. The third-order valence-electron chi connectivity index (χ3n) is 5.52. The third-order valence-corrected chi connectivity index (χ3v) is 5.52. The first-order valence-corrected chi connectivity index (χ1v) is 10.2. The van der Waals surface area contributed by atoms with Gasteiger partial charge in [-0.1, -0.05) is 42.5 Å². The number of nitrogens with one attached hydrogen (secondary N) is 1. The zero-order valence-corrected chi connectivity index (χ0v) is 17.9. The lowest BCUT2D eigenvalue weighted by atomic mass is 10.0. The molecule has 0 saturated carbocycles. The maximum absolute atomic E-state index is 13.0. The van der Waals surface area contributed by atoms with Gasteiger partial charge in [-0.25, -0.2) is 4.68 Å². The van der Waals surface area contributed by atoms with Gasteiger partial charge in [0.1, 0.15) is 12.4 Å². The van der Waals surface area contributed by atoms with E-state index in [-0.39, 0.29) is 5.91 Å². The molecule has 0 aliphatic carbocycles. The van der Waals surface area contributed by atoms with Gasteiger partial charge in [-0.3, -0.25) is 9.48 Å². The minimum Gasteiger partial charge on any atom is -0.324 e. The van der Waals surface area contributed by atoms with Crippen molar-refractivity contribution in [3.05, 3.63) is 89.0 Å². The number of amides is 1. The first kappa shape index (κ1) is 20.5. The Kier molecular flexibility index (Phi) is 5.88. The quantitative estimate of drug-likeness (QED) is 0.501. The zero-order valence-electron chi connectivity index (χ0n) is 17.9. The number of hydrogen-bond donors (Lipinski definition) is 1. The fourth-order valence-corrected chi connectivity index (χ4v) is 3.66. The highest BCUT2D eigenvalue weighted by Gasteiger charge is 2.22. The van der Waals surface area contributed by atoms with Gasteiger partial charge in [0.05, 0.1) is 5.69 Å². The Hall–Kier alpha value is -3.81. The second-order valence-corrected chi connectivity index (χ2v) is 7.63. The third kappa shape index (κ3) is 4.69. The van der Waals surface area contributed by atoms with Gasteiger partial charge >= 0.3 is 0 Å². The number of aryl methyl sites for hydroxylation is 2. The fourth-order valence-electron chi connectivity index (χ4n) is 3.66. The maximum Gasteiger partial charge on any atom is 0.249 e. The highest BCUT2D eigenvalue weighted by molar-refractivity contribution is 5.93. The van der Waals surface area contributed by atoms with E-state index in [4.69, 9.17) is 0 Å². The number of benzene rings is 2. The summed E-state index contributed by atoms with van der Waals surface area (Å²) in [7, 11) is 1.96. The molecule has 0 saturated heterocycles. The Morgan fingerprint density at radius 1 is 1.03 bits per heavy atom. The van der Waals surface area contributed by atoms with E-state index in [0.29, 0.717) is 6.42 Å². The summed E-state index contributed by atoms with van der Waals surface area (Å²) in [5.74, 6) is -0.164. The summed E-state index contributed by atoms with van der Waals surface area (Å²) in [6.45, 7) is 4.11. The number of rotatable bonds is 7. The van der Waals surface area contributed by atoms with E-state index in [2.05, 4.69) is 32.9 Å². The first-order chi connectivity index (χ1) is 15.0. The predicted octanol–water partition coefficient (Wildman–Crippen LogP) is 3.04. The molecule has 0 radical (unpaired) electrons. The van der Waals surface area contributed by atoms with Crippen molar-refractivity contribution in [3.63, 3.8) is 0 Å². The van der Waals surface area contributed by atoms with Crippen LogP contribution in [-0.4, -0.2) is 35.9 Å². The van der Waals surface area contributed by atoms with Crippen LogP contribution in [0.4, 0.5) is 5.69 Å². The molecule has 2 heterocycles. The summed E-state index contributed by atoms with van der Waals surface area (Å²) in [6, 6.07) is 17.2. The molecule has 4 rings (SSSR count). The van der Waals surface area contributed by atoms with Gasteiger partial charge in [0, 0.05) is 36.8 Å². The van der Waals surface area contributed by atoms with Crippen LogP contribution in [0.15, 0.2) is 60.9 Å². The Balaban J connectivity index is 1.47. The highest BCUT2D eigenvalue weighted by Crippen LogP contribution is 2.20. The summed E-state index contributed by atoms with van der Waals surface area (Å²) in [6.07, 6.45) is 2.77. The van der Waals surface area contributed by atoms with Crippen LogP contribution in [0.1, 0.15) is 34.1 Å². The summed E-state index contributed by atoms with van der Waals surface area (Å²) in [5.41, 5.74) is 6.39. The Morgan fingerprint density at radius 3 is 2.39 bits per heavy atom. The predicted molar refractivity (Wildman–Crippen MR) is 118 cm³/mol. The van der Waals surface area contributed by atoms with Crippen LogP contribution in [0.25, 0.3) is 0 Å². The summed E-state index contributed by atoms with van der Waals surface area (Å²) >= 11 is 0. The van der Waals surface area contributed by atoms with E-state index in [9.17, 15) is 4.79 Å². The molecule has 158 valence electrons. The number of carbonyl (C=O) groups excluding carboxylic acids is 1. The number of aromatic nitrogens is 6. The SMILES string of the molecule is Cc1nn(C)c(C)c1Cc1ccc(NC(=O)C(Cc2ccccc2)n2cnnn2)cc1. The van der Waals surface area contributed by atoms with E-state index >= 15 is 0 Å². The molecule has 2 aromatic heterocycles. The average molecular weight is 416 g/mol. The van der Waals surface area contributed by atoms with Crippen molar-refractivity contribution >= 4 is 11.6 Å². The van der Waals surface area contributed by atoms with Crippen molar-refractivity contribution in [1.82, 2.24) is 30.0 Å². The Morgan fingerprint density at radius 2 is 1.77 bits per heavy atom. The van der Waals surface area contributed by atoms with Gasteiger partial charge in [-0.05, 0) is 47.5 Å². The lowest BCUT2D eigenvalue weighted by Gasteiger charge is -2.16. The molecule has 2 aromatic carbocycles. The average Bonchev–Trinajstić information content (AvgIpc) is 3.38.